The molecule has 1 aromatic carbocycles. The van der Waals surface area contributed by atoms with Gasteiger partial charge in [0.2, 0.25) is 0 Å². The lowest BCUT2D eigenvalue weighted by Gasteiger charge is -2.33. The van der Waals surface area contributed by atoms with Crippen molar-refractivity contribution in [2.45, 2.75) is 45.3 Å². The van der Waals surface area contributed by atoms with Crippen LogP contribution >= 0.6 is 11.6 Å². The Labute approximate surface area is 108 Å². The minimum Gasteiger partial charge on any atom is -0.490 e. The molecule has 3 heteroatoms. The highest BCUT2D eigenvalue weighted by atomic mass is 35.5. The summed E-state index contributed by atoms with van der Waals surface area (Å²) in [6, 6.07) is 5.45. The van der Waals surface area contributed by atoms with Crippen molar-refractivity contribution in [3.05, 3.63) is 28.8 Å². The normalized spacial score (nSPS) is 24.9. The van der Waals surface area contributed by atoms with Gasteiger partial charge in [-0.2, -0.15) is 0 Å². The van der Waals surface area contributed by atoms with Crippen LogP contribution in [0.15, 0.2) is 18.2 Å². The van der Waals surface area contributed by atoms with E-state index in [9.17, 15) is 5.11 Å². The van der Waals surface area contributed by atoms with Gasteiger partial charge < -0.3 is 9.84 Å². The van der Waals surface area contributed by atoms with E-state index in [2.05, 4.69) is 13.8 Å². The largest absolute Gasteiger partial charge is 0.490 e. The molecule has 0 spiro atoms. The summed E-state index contributed by atoms with van der Waals surface area (Å²) < 4.78 is 5.95. The summed E-state index contributed by atoms with van der Waals surface area (Å²) >= 11 is 5.92. The first-order chi connectivity index (χ1) is 8.11. The predicted octanol–water partition coefficient (Wildman–Crippen LogP) is 3.96. The Morgan fingerprint density at radius 2 is 2.29 bits per heavy atom. The monoisotopic (exact) mass is 254 g/mol. The zero-order valence-corrected chi connectivity index (χ0v) is 11.1. The van der Waals surface area contributed by atoms with Crippen LogP contribution in [-0.4, -0.2) is 11.2 Å². The van der Waals surface area contributed by atoms with Crippen LogP contribution in [0.3, 0.4) is 0 Å². The molecule has 2 rings (SSSR count). The highest BCUT2D eigenvalue weighted by Gasteiger charge is 2.30. The van der Waals surface area contributed by atoms with Crippen molar-refractivity contribution in [2.24, 2.45) is 5.92 Å². The topological polar surface area (TPSA) is 29.5 Å². The van der Waals surface area contributed by atoms with Crippen molar-refractivity contribution in [3.8, 4) is 5.75 Å². The van der Waals surface area contributed by atoms with Gasteiger partial charge in [0, 0.05) is 17.0 Å². The highest BCUT2D eigenvalue weighted by molar-refractivity contribution is 6.30. The molecule has 0 aliphatic carbocycles. The molecule has 94 valence electrons. The van der Waals surface area contributed by atoms with Crippen LogP contribution in [0.5, 0.6) is 5.75 Å². The summed E-state index contributed by atoms with van der Waals surface area (Å²) in [5, 5.41) is 10.8. The molecule has 17 heavy (non-hydrogen) atoms. The summed E-state index contributed by atoms with van der Waals surface area (Å²) in [5.74, 6) is 1.25. The van der Waals surface area contributed by atoms with Gasteiger partial charge in [0.15, 0.2) is 0 Å². The lowest BCUT2D eigenvalue weighted by atomic mass is 9.90. The Morgan fingerprint density at radius 3 is 3.00 bits per heavy atom. The molecule has 1 heterocycles. The number of rotatable bonds is 3. The molecular formula is C14H19ClO2. The second kappa shape index (κ2) is 5.28. The fraction of sp³-hybridized carbons (Fsp3) is 0.571. The molecule has 2 unspecified atom stereocenters. The molecule has 0 saturated carbocycles. The maximum Gasteiger partial charge on any atom is 0.125 e. The highest BCUT2D eigenvalue weighted by Crippen LogP contribution is 2.38. The van der Waals surface area contributed by atoms with Gasteiger partial charge in [0.05, 0.1) is 6.10 Å². The molecule has 0 amide bonds. The third kappa shape index (κ3) is 2.75. The van der Waals surface area contributed by atoms with Crippen molar-refractivity contribution < 1.29 is 9.84 Å². The predicted molar refractivity (Wildman–Crippen MR) is 69.5 cm³/mol. The first-order valence-electron chi connectivity index (χ1n) is 6.26. The molecule has 1 aliphatic heterocycles. The van der Waals surface area contributed by atoms with Crippen LogP contribution in [0, 0.1) is 5.92 Å². The van der Waals surface area contributed by atoms with E-state index in [1.165, 1.54) is 0 Å². The van der Waals surface area contributed by atoms with Crippen molar-refractivity contribution in [3.63, 3.8) is 0 Å². The van der Waals surface area contributed by atoms with Crippen molar-refractivity contribution in [1.82, 2.24) is 0 Å². The fourth-order valence-electron chi connectivity index (χ4n) is 2.43. The van der Waals surface area contributed by atoms with Crippen LogP contribution in [0.2, 0.25) is 5.02 Å². The number of halogens is 1. The second-order valence-electron chi connectivity index (χ2n) is 4.86. The molecule has 0 aromatic heterocycles. The molecular weight excluding hydrogens is 236 g/mol. The van der Waals surface area contributed by atoms with Crippen LogP contribution in [0.1, 0.15) is 44.8 Å². The molecule has 0 saturated heterocycles. The number of aliphatic hydroxyl groups is 1. The van der Waals surface area contributed by atoms with Crippen LogP contribution in [0.4, 0.5) is 0 Å². The number of aliphatic hydroxyl groups excluding tert-OH is 1. The molecule has 1 N–H and O–H groups in total. The Morgan fingerprint density at radius 1 is 1.53 bits per heavy atom. The maximum absolute atomic E-state index is 10.1. The van der Waals surface area contributed by atoms with Gasteiger partial charge in [-0.25, -0.2) is 0 Å². The third-order valence-electron chi connectivity index (χ3n) is 3.44. The summed E-state index contributed by atoms with van der Waals surface area (Å²) in [5.41, 5.74) is 0.817. The number of ether oxygens (including phenoxy) is 1. The van der Waals surface area contributed by atoms with E-state index >= 15 is 0 Å². The summed E-state index contributed by atoms with van der Waals surface area (Å²) in [4.78, 5) is 0. The molecule has 0 fully saturated rings. The summed E-state index contributed by atoms with van der Waals surface area (Å²) in [6.07, 6.45) is 2.58. The lowest BCUT2D eigenvalue weighted by Crippen LogP contribution is -2.31. The molecule has 1 aromatic rings. The first kappa shape index (κ1) is 12.7. The van der Waals surface area contributed by atoms with E-state index in [-0.39, 0.29) is 6.10 Å². The van der Waals surface area contributed by atoms with Crippen LogP contribution in [0.25, 0.3) is 0 Å². The lowest BCUT2D eigenvalue weighted by molar-refractivity contribution is 0.0361. The molecule has 0 bridgehead atoms. The quantitative estimate of drug-likeness (QED) is 0.885. The van der Waals surface area contributed by atoms with Gasteiger partial charge in [0.1, 0.15) is 11.9 Å². The average molecular weight is 255 g/mol. The fourth-order valence-corrected chi connectivity index (χ4v) is 2.62. The smallest absolute Gasteiger partial charge is 0.125 e. The SMILES string of the molecule is CCCC(C)C1C[C@@H](O)c2cc(Cl)ccc2O1. The van der Waals surface area contributed by atoms with Crippen molar-refractivity contribution in [2.75, 3.05) is 0 Å². The first-order valence-corrected chi connectivity index (χ1v) is 6.63. The zero-order chi connectivity index (χ0) is 12.4. The third-order valence-corrected chi connectivity index (χ3v) is 3.68. The van der Waals surface area contributed by atoms with Gasteiger partial charge in [-0.3, -0.25) is 0 Å². The van der Waals surface area contributed by atoms with Crippen molar-refractivity contribution in [1.29, 1.82) is 0 Å². The standard InChI is InChI=1S/C14H19ClO2/c1-3-4-9(2)14-8-12(16)11-7-10(15)5-6-13(11)17-14/h5-7,9,12,14,16H,3-4,8H2,1-2H3/t9?,12-,14?/m1/s1. The van der Waals surface area contributed by atoms with Crippen molar-refractivity contribution >= 4 is 11.6 Å². The Hall–Kier alpha value is -0.730. The number of benzene rings is 1. The minimum absolute atomic E-state index is 0.110. The second-order valence-corrected chi connectivity index (χ2v) is 5.29. The van der Waals surface area contributed by atoms with Crippen LogP contribution in [-0.2, 0) is 0 Å². The van der Waals surface area contributed by atoms with Gasteiger partial charge in [-0.15, -0.1) is 0 Å². The van der Waals surface area contributed by atoms with Gasteiger partial charge in [-0.05, 0) is 30.5 Å². The van der Waals surface area contributed by atoms with E-state index in [0.29, 0.717) is 17.4 Å². The number of hydrogen-bond acceptors (Lipinski definition) is 2. The average Bonchev–Trinajstić information content (AvgIpc) is 2.30. The molecule has 3 atom stereocenters. The van der Waals surface area contributed by atoms with E-state index in [4.69, 9.17) is 16.3 Å². The van der Waals surface area contributed by atoms with Crippen LogP contribution < -0.4 is 4.74 Å². The Bertz CT molecular complexity index is 392. The Balaban J connectivity index is 2.18. The van der Waals surface area contributed by atoms with E-state index < -0.39 is 6.10 Å². The van der Waals surface area contributed by atoms with E-state index in [1.807, 2.05) is 6.07 Å². The van der Waals surface area contributed by atoms with E-state index in [0.717, 1.165) is 24.2 Å². The molecule has 2 nitrogen and oxygen atoms in total. The van der Waals surface area contributed by atoms with Gasteiger partial charge in [-0.1, -0.05) is 31.9 Å². The number of fused-ring (bicyclic) bond motifs is 1. The summed E-state index contributed by atoms with van der Waals surface area (Å²) in [7, 11) is 0. The summed E-state index contributed by atoms with van der Waals surface area (Å²) in [6.45, 7) is 4.35. The Kier molecular flexibility index (Phi) is 3.95. The van der Waals surface area contributed by atoms with E-state index in [1.54, 1.807) is 12.1 Å². The maximum atomic E-state index is 10.1. The molecule has 1 aliphatic rings. The van der Waals surface area contributed by atoms with Gasteiger partial charge in [0.25, 0.3) is 0 Å². The van der Waals surface area contributed by atoms with Gasteiger partial charge >= 0.3 is 0 Å². The number of hydrogen-bond donors (Lipinski definition) is 1. The zero-order valence-electron chi connectivity index (χ0n) is 10.3. The molecule has 0 radical (unpaired) electrons. The minimum atomic E-state index is -0.457.